The summed E-state index contributed by atoms with van der Waals surface area (Å²) in [6.45, 7) is 8.10. The first-order valence-corrected chi connectivity index (χ1v) is 9.94. The molecule has 144 valence electrons. The molecule has 0 atom stereocenters. The van der Waals surface area contributed by atoms with Crippen molar-refractivity contribution in [3.63, 3.8) is 0 Å². The van der Waals surface area contributed by atoms with E-state index in [0.29, 0.717) is 17.8 Å². The van der Waals surface area contributed by atoms with E-state index in [4.69, 9.17) is 0 Å². The fraction of sp³-hybridized carbons (Fsp3) is 0.333. The average Bonchev–Trinajstić information content (AvgIpc) is 3.28. The minimum absolute atomic E-state index is 0.166. The standard InChI is InChI=1S/C24H26N2O2/c1-16-6-9-19(10-7-16)15-26-23(27)21(20-11-8-17(2)18(3)14-20)22(24(26)28)25-12-4-5-13-25/h6-11,14H,4-5,12-13,15H2,1-3H3. The smallest absolute Gasteiger partial charge is 0.278 e. The van der Waals surface area contributed by atoms with Gasteiger partial charge in [-0.25, -0.2) is 0 Å². The number of amides is 2. The Hall–Kier alpha value is -2.88. The molecule has 1 fully saturated rings. The number of carbonyl (C=O) groups is 2. The molecule has 4 rings (SSSR count). The van der Waals surface area contributed by atoms with Gasteiger partial charge in [-0.3, -0.25) is 14.5 Å². The molecule has 0 bridgehead atoms. The normalized spacial score (nSPS) is 17.2. The molecule has 1 saturated heterocycles. The molecular formula is C24H26N2O2. The average molecular weight is 374 g/mol. The molecule has 4 nitrogen and oxygen atoms in total. The SMILES string of the molecule is Cc1ccc(CN2C(=O)C(c3ccc(C)c(C)c3)=C(N3CCCC3)C2=O)cc1. The fourth-order valence-corrected chi connectivity index (χ4v) is 3.97. The zero-order valence-electron chi connectivity index (χ0n) is 16.8. The third-order valence-electron chi connectivity index (χ3n) is 5.82. The van der Waals surface area contributed by atoms with Crippen molar-refractivity contribution in [2.45, 2.75) is 40.2 Å². The van der Waals surface area contributed by atoms with E-state index in [1.165, 1.54) is 10.5 Å². The van der Waals surface area contributed by atoms with E-state index < -0.39 is 0 Å². The summed E-state index contributed by atoms with van der Waals surface area (Å²) in [6, 6.07) is 14.0. The summed E-state index contributed by atoms with van der Waals surface area (Å²) in [4.78, 5) is 30.2. The minimum atomic E-state index is -0.185. The van der Waals surface area contributed by atoms with E-state index in [1.54, 1.807) is 0 Å². The predicted octanol–water partition coefficient (Wildman–Crippen LogP) is 3.99. The summed E-state index contributed by atoms with van der Waals surface area (Å²) in [7, 11) is 0. The molecule has 2 aromatic carbocycles. The quantitative estimate of drug-likeness (QED) is 0.760. The molecule has 0 unspecified atom stereocenters. The Morgan fingerprint density at radius 3 is 2.14 bits per heavy atom. The molecule has 2 aromatic rings. The van der Waals surface area contributed by atoms with Crippen LogP contribution in [0.1, 0.15) is 40.7 Å². The van der Waals surface area contributed by atoms with E-state index >= 15 is 0 Å². The van der Waals surface area contributed by atoms with Gasteiger partial charge in [0.25, 0.3) is 11.8 Å². The Bertz CT molecular complexity index is 967. The van der Waals surface area contributed by atoms with Gasteiger partial charge in [0.2, 0.25) is 0 Å². The van der Waals surface area contributed by atoms with Gasteiger partial charge in [-0.1, -0.05) is 48.0 Å². The van der Waals surface area contributed by atoms with Crippen LogP contribution in [0.5, 0.6) is 0 Å². The highest BCUT2D eigenvalue weighted by Gasteiger charge is 2.42. The van der Waals surface area contributed by atoms with Crippen molar-refractivity contribution in [2.75, 3.05) is 13.1 Å². The lowest BCUT2D eigenvalue weighted by molar-refractivity contribution is -0.138. The van der Waals surface area contributed by atoms with Gasteiger partial charge in [0, 0.05) is 13.1 Å². The summed E-state index contributed by atoms with van der Waals surface area (Å²) >= 11 is 0. The lowest BCUT2D eigenvalue weighted by Gasteiger charge is -2.20. The molecule has 2 amide bonds. The van der Waals surface area contributed by atoms with E-state index in [2.05, 4.69) is 11.8 Å². The largest absolute Gasteiger partial charge is 0.366 e. The summed E-state index contributed by atoms with van der Waals surface area (Å²) < 4.78 is 0. The number of benzene rings is 2. The van der Waals surface area contributed by atoms with Crippen LogP contribution in [-0.4, -0.2) is 34.7 Å². The lowest BCUT2D eigenvalue weighted by Crippen LogP contribution is -2.34. The van der Waals surface area contributed by atoms with Gasteiger partial charge in [-0.15, -0.1) is 0 Å². The van der Waals surface area contributed by atoms with Crippen molar-refractivity contribution in [3.8, 4) is 0 Å². The molecule has 0 saturated carbocycles. The number of likely N-dealkylation sites (tertiary alicyclic amines) is 1. The molecule has 0 aromatic heterocycles. The maximum absolute atomic E-state index is 13.4. The maximum atomic E-state index is 13.4. The minimum Gasteiger partial charge on any atom is -0.366 e. The van der Waals surface area contributed by atoms with Gasteiger partial charge in [0.05, 0.1) is 12.1 Å². The number of rotatable bonds is 4. The molecule has 2 heterocycles. The number of imide groups is 1. The molecule has 2 aliphatic heterocycles. The van der Waals surface area contributed by atoms with E-state index in [-0.39, 0.29) is 11.8 Å². The van der Waals surface area contributed by atoms with Crippen LogP contribution in [0, 0.1) is 20.8 Å². The number of aryl methyl sites for hydroxylation is 3. The molecule has 0 aliphatic carbocycles. The molecule has 0 spiro atoms. The highest BCUT2D eigenvalue weighted by molar-refractivity contribution is 6.35. The summed E-state index contributed by atoms with van der Waals surface area (Å²) in [5.74, 6) is -0.351. The van der Waals surface area contributed by atoms with Crippen LogP contribution in [0.3, 0.4) is 0 Å². The monoisotopic (exact) mass is 374 g/mol. The number of carbonyl (C=O) groups excluding carboxylic acids is 2. The Morgan fingerprint density at radius 2 is 1.50 bits per heavy atom. The van der Waals surface area contributed by atoms with Crippen LogP contribution in [0.25, 0.3) is 5.57 Å². The molecular weight excluding hydrogens is 348 g/mol. The van der Waals surface area contributed by atoms with Crippen LogP contribution in [0.2, 0.25) is 0 Å². The van der Waals surface area contributed by atoms with Gasteiger partial charge in [0.15, 0.2) is 0 Å². The van der Waals surface area contributed by atoms with Crippen molar-refractivity contribution in [3.05, 3.63) is 76.0 Å². The second-order valence-electron chi connectivity index (χ2n) is 7.90. The van der Waals surface area contributed by atoms with Crippen LogP contribution >= 0.6 is 0 Å². The van der Waals surface area contributed by atoms with Crippen molar-refractivity contribution >= 4 is 17.4 Å². The van der Waals surface area contributed by atoms with E-state index in [9.17, 15) is 9.59 Å². The van der Waals surface area contributed by atoms with Crippen molar-refractivity contribution in [2.24, 2.45) is 0 Å². The molecule has 0 N–H and O–H groups in total. The predicted molar refractivity (Wildman–Crippen MR) is 110 cm³/mol. The van der Waals surface area contributed by atoms with Crippen LogP contribution in [0.4, 0.5) is 0 Å². The third-order valence-corrected chi connectivity index (χ3v) is 5.82. The zero-order valence-corrected chi connectivity index (χ0v) is 16.8. The van der Waals surface area contributed by atoms with Gasteiger partial charge in [0.1, 0.15) is 5.70 Å². The number of nitrogens with zero attached hydrogens (tertiary/aromatic N) is 2. The lowest BCUT2D eigenvalue weighted by atomic mass is 9.99. The van der Waals surface area contributed by atoms with Crippen LogP contribution < -0.4 is 0 Å². The van der Waals surface area contributed by atoms with Gasteiger partial charge < -0.3 is 4.90 Å². The van der Waals surface area contributed by atoms with Crippen LogP contribution in [-0.2, 0) is 16.1 Å². The molecule has 28 heavy (non-hydrogen) atoms. The second-order valence-corrected chi connectivity index (χ2v) is 7.90. The van der Waals surface area contributed by atoms with Crippen molar-refractivity contribution < 1.29 is 9.59 Å². The van der Waals surface area contributed by atoms with E-state index in [1.807, 2.05) is 56.3 Å². The van der Waals surface area contributed by atoms with E-state index in [0.717, 1.165) is 48.2 Å². The summed E-state index contributed by atoms with van der Waals surface area (Å²) in [6.07, 6.45) is 2.12. The van der Waals surface area contributed by atoms with Gasteiger partial charge >= 0.3 is 0 Å². The highest BCUT2D eigenvalue weighted by Crippen LogP contribution is 2.34. The Kier molecular flexibility index (Phi) is 4.80. The third kappa shape index (κ3) is 3.24. The summed E-state index contributed by atoms with van der Waals surface area (Å²) in [5.41, 5.74) is 6.42. The number of hydrogen-bond acceptors (Lipinski definition) is 3. The Labute approximate surface area is 166 Å². The Morgan fingerprint density at radius 1 is 0.821 bits per heavy atom. The zero-order chi connectivity index (χ0) is 19.8. The molecule has 2 aliphatic rings. The van der Waals surface area contributed by atoms with Gasteiger partial charge in [-0.05, 0) is 55.9 Å². The van der Waals surface area contributed by atoms with Crippen molar-refractivity contribution in [1.82, 2.24) is 9.80 Å². The summed E-state index contributed by atoms with van der Waals surface area (Å²) in [5, 5.41) is 0. The first kappa shape index (κ1) is 18.5. The van der Waals surface area contributed by atoms with Crippen LogP contribution in [0.15, 0.2) is 48.2 Å². The maximum Gasteiger partial charge on any atom is 0.278 e. The molecule has 0 radical (unpaired) electrons. The highest BCUT2D eigenvalue weighted by atomic mass is 16.2. The van der Waals surface area contributed by atoms with Crippen molar-refractivity contribution in [1.29, 1.82) is 0 Å². The number of hydrogen-bond donors (Lipinski definition) is 0. The Balaban J connectivity index is 1.74. The van der Waals surface area contributed by atoms with Gasteiger partial charge in [-0.2, -0.15) is 0 Å². The fourth-order valence-electron chi connectivity index (χ4n) is 3.97. The molecule has 4 heteroatoms. The second kappa shape index (κ2) is 7.27. The first-order valence-electron chi connectivity index (χ1n) is 9.94. The first-order chi connectivity index (χ1) is 13.5. The topological polar surface area (TPSA) is 40.6 Å².